The lowest BCUT2D eigenvalue weighted by molar-refractivity contribution is -0.385. The molecule has 0 aliphatic carbocycles. The van der Waals surface area contributed by atoms with Crippen LogP contribution in [0.4, 0.5) is 5.69 Å². The average molecular weight is 185 g/mol. The summed E-state index contributed by atoms with van der Waals surface area (Å²) in [6, 6.07) is 0. The molecule has 0 amide bonds. The molecular formula is C6H7N3O4. The van der Waals surface area contributed by atoms with Gasteiger partial charge in [0.25, 0.3) is 0 Å². The van der Waals surface area contributed by atoms with E-state index in [1.807, 2.05) is 0 Å². The van der Waals surface area contributed by atoms with Crippen molar-refractivity contribution in [3.63, 3.8) is 0 Å². The number of hydrogen-bond donors (Lipinski definition) is 1. The largest absolute Gasteiger partial charge is 0.480 e. The fourth-order valence-corrected chi connectivity index (χ4v) is 0.906. The summed E-state index contributed by atoms with van der Waals surface area (Å²) >= 11 is 0. The molecule has 0 bridgehead atoms. The number of carbonyl (C=O) groups is 1. The third-order valence-corrected chi connectivity index (χ3v) is 1.41. The number of aryl methyl sites for hydroxylation is 1. The third-order valence-electron chi connectivity index (χ3n) is 1.41. The molecule has 70 valence electrons. The molecule has 1 heterocycles. The molecule has 0 saturated carbocycles. The molecule has 7 heteroatoms. The number of aromatic nitrogens is 2. The molecule has 0 aromatic carbocycles. The smallest absolute Gasteiger partial charge is 0.325 e. The second-order valence-electron chi connectivity index (χ2n) is 2.45. The minimum atomic E-state index is -1.09. The lowest BCUT2D eigenvalue weighted by Gasteiger charge is -1.91. The Hall–Kier alpha value is -1.92. The molecule has 1 aromatic rings. The van der Waals surface area contributed by atoms with Gasteiger partial charge in [-0.15, -0.1) is 0 Å². The molecule has 0 radical (unpaired) electrons. The van der Waals surface area contributed by atoms with Crippen LogP contribution in [0.5, 0.6) is 0 Å². The zero-order chi connectivity index (χ0) is 10.0. The summed E-state index contributed by atoms with van der Waals surface area (Å²) in [5.74, 6) is -1.09. The Labute approximate surface area is 72.7 Å². The lowest BCUT2D eigenvalue weighted by atomic mass is 10.4. The van der Waals surface area contributed by atoms with E-state index in [0.717, 1.165) is 10.9 Å². The van der Waals surface area contributed by atoms with Crippen LogP contribution in [0.15, 0.2) is 6.20 Å². The lowest BCUT2D eigenvalue weighted by Crippen LogP contribution is -2.08. The van der Waals surface area contributed by atoms with Crippen molar-refractivity contribution in [2.24, 2.45) is 0 Å². The average Bonchev–Trinajstić information content (AvgIpc) is 2.29. The zero-order valence-electron chi connectivity index (χ0n) is 6.80. The van der Waals surface area contributed by atoms with E-state index < -0.39 is 10.9 Å². The summed E-state index contributed by atoms with van der Waals surface area (Å²) in [5, 5.41) is 22.4. The molecule has 13 heavy (non-hydrogen) atoms. The Morgan fingerprint density at radius 1 is 1.85 bits per heavy atom. The predicted molar refractivity (Wildman–Crippen MR) is 41.3 cm³/mol. The van der Waals surface area contributed by atoms with Gasteiger partial charge in [-0.3, -0.25) is 19.6 Å². The maximum atomic E-state index is 10.3. The SMILES string of the molecule is Cc1nn(CC(=O)O)cc1[N+](=O)[O-]. The van der Waals surface area contributed by atoms with Gasteiger partial charge in [0.2, 0.25) is 0 Å². The van der Waals surface area contributed by atoms with E-state index >= 15 is 0 Å². The first-order valence-corrected chi connectivity index (χ1v) is 3.41. The van der Waals surface area contributed by atoms with Crippen molar-refractivity contribution in [2.75, 3.05) is 0 Å². The number of nitrogens with zero attached hydrogens (tertiary/aromatic N) is 3. The van der Waals surface area contributed by atoms with E-state index in [9.17, 15) is 14.9 Å². The number of carboxylic acid groups (broad SMARTS) is 1. The Kier molecular flexibility index (Phi) is 2.27. The Balaban J connectivity index is 2.95. The van der Waals surface area contributed by atoms with Crippen LogP contribution < -0.4 is 0 Å². The first-order valence-electron chi connectivity index (χ1n) is 3.41. The normalized spacial score (nSPS) is 9.92. The number of carboxylic acids is 1. The van der Waals surface area contributed by atoms with Crippen LogP contribution in [0.1, 0.15) is 5.69 Å². The topological polar surface area (TPSA) is 98.3 Å². The van der Waals surface area contributed by atoms with E-state index in [2.05, 4.69) is 5.10 Å². The van der Waals surface area contributed by atoms with Gasteiger partial charge in [0.05, 0.1) is 4.92 Å². The van der Waals surface area contributed by atoms with Crippen LogP contribution in [-0.4, -0.2) is 25.8 Å². The molecule has 0 aliphatic rings. The summed E-state index contributed by atoms with van der Waals surface area (Å²) in [6.07, 6.45) is 1.10. The molecular weight excluding hydrogens is 178 g/mol. The van der Waals surface area contributed by atoms with Gasteiger partial charge < -0.3 is 5.11 Å². The minimum Gasteiger partial charge on any atom is -0.480 e. The first kappa shape index (κ1) is 9.17. The van der Waals surface area contributed by atoms with Gasteiger partial charge in [-0.05, 0) is 6.92 Å². The number of nitro groups is 1. The molecule has 0 saturated heterocycles. The predicted octanol–water partition coefficient (Wildman–Crippen LogP) is 0.184. The van der Waals surface area contributed by atoms with Crippen molar-refractivity contribution in [2.45, 2.75) is 13.5 Å². The van der Waals surface area contributed by atoms with Crippen LogP contribution >= 0.6 is 0 Å². The quantitative estimate of drug-likeness (QED) is 0.535. The second kappa shape index (κ2) is 3.21. The van der Waals surface area contributed by atoms with E-state index in [1.165, 1.54) is 6.92 Å². The standard InChI is InChI=1S/C6H7N3O4/c1-4-5(9(12)13)2-8(7-4)3-6(10)11/h2H,3H2,1H3,(H,10,11). The van der Waals surface area contributed by atoms with Crippen molar-refractivity contribution < 1.29 is 14.8 Å². The van der Waals surface area contributed by atoms with Crippen molar-refractivity contribution in [1.82, 2.24) is 9.78 Å². The van der Waals surface area contributed by atoms with Crippen molar-refractivity contribution in [1.29, 1.82) is 0 Å². The van der Waals surface area contributed by atoms with Crippen molar-refractivity contribution >= 4 is 11.7 Å². The van der Waals surface area contributed by atoms with Gasteiger partial charge in [-0.2, -0.15) is 5.10 Å². The summed E-state index contributed by atoms with van der Waals surface area (Å²) in [5.41, 5.74) is 0.0486. The van der Waals surface area contributed by atoms with Gasteiger partial charge >= 0.3 is 11.7 Å². The molecule has 1 aromatic heterocycles. The van der Waals surface area contributed by atoms with Gasteiger partial charge in [-0.1, -0.05) is 0 Å². The fourth-order valence-electron chi connectivity index (χ4n) is 0.906. The highest BCUT2D eigenvalue weighted by Gasteiger charge is 2.15. The summed E-state index contributed by atoms with van der Waals surface area (Å²) in [6.45, 7) is 1.09. The monoisotopic (exact) mass is 185 g/mol. The molecule has 1 rings (SSSR count). The van der Waals surface area contributed by atoms with E-state index in [0.29, 0.717) is 0 Å². The van der Waals surface area contributed by atoms with E-state index in [1.54, 1.807) is 0 Å². The fraction of sp³-hybridized carbons (Fsp3) is 0.333. The van der Waals surface area contributed by atoms with Crippen molar-refractivity contribution in [3.05, 3.63) is 22.0 Å². The maximum absolute atomic E-state index is 10.3. The first-order chi connectivity index (χ1) is 6.00. The number of aliphatic carboxylic acids is 1. The third kappa shape index (κ3) is 2.01. The Bertz CT molecular complexity index is 357. The van der Waals surface area contributed by atoms with E-state index in [4.69, 9.17) is 5.11 Å². The maximum Gasteiger partial charge on any atom is 0.325 e. The molecule has 0 aliphatic heterocycles. The van der Waals surface area contributed by atoms with Crippen LogP contribution in [0.3, 0.4) is 0 Å². The van der Waals surface area contributed by atoms with Gasteiger partial charge in [0.15, 0.2) is 0 Å². The second-order valence-corrected chi connectivity index (χ2v) is 2.45. The highest BCUT2D eigenvalue weighted by atomic mass is 16.6. The van der Waals surface area contributed by atoms with Gasteiger partial charge in [0.1, 0.15) is 18.4 Å². The Morgan fingerprint density at radius 3 is 2.85 bits per heavy atom. The molecule has 0 spiro atoms. The molecule has 7 nitrogen and oxygen atoms in total. The van der Waals surface area contributed by atoms with Crippen molar-refractivity contribution in [3.8, 4) is 0 Å². The van der Waals surface area contributed by atoms with Crippen LogP contribution in [0.25, 0.3) is 0 Å². The zero-order valence-corrected chi connectivity index (χ0v) is 6.80. The van der Waals surface area contributed by atoms with Gasteiger partial charge in [0, 0.05) is 0 Å². The van der Waals surface area contributed by atoms with Crippen LogP contribution in [0.2, 0.25) is 0 Å². The molecule has 0 fully saturated rings. The minimum absolute atomic E-state index is 0.166. The number of hydrogen-bond acceptors (Lipinski definition) is 4. The molecule has 1 N–H and O–H groups in total. The van der Waals surface area contributed by atoms with Crippen LogP contribution in [-0.2, 0) is 11.3 Å². The molecule has 0 atom stereocenters. The van der Waals surface area contributed by atoms with E-state index in [-0.39, 0.29) is 17.9 Å². The highest BCUT2D eigenvalue weighted by Crippen LogP contribution is 2.14. The van der Waals surface area contributed by atoms with Crippen LogP contribution in [0, 0.1) is 17.0 Å². The highest BCUT2D eigenvalue weighted by molar-refractivity contribution is 5.66. The summed E-state index contributed by atoms with van der Waals surface area (Å²) in [7, 11) is 0. The Morgan fingerprint density at radius 2 is 2.46 bits per heavy atom. The molecule has 0 unspecified atom stereocenters. The number of rotatable bonds is 3. The van der Waals surface area contributed by atoms with Gasteiger partial charge in [-0.25, -0.2) is 0 Å². The summed E-state index contributed by atoms with van der Waals surface area (Å²) < 4.78 is 1.02. The summed E-state index contributed by atoms with van der Waals surface area (Å²) in [4.78, 5) is 20.0.